The molecule has 2 nitrogen and oxygen atoms in total. The molecular weight excluding hydrogens is 497 g/mol. The predicted octanol–water partition coefficient (Wildman–Crippen LogP) is 7.61. The molecule has 0 aliphatic carbocycles. The van der Waals surface area contributed by atoms with Crippen LogP contribution in [0.15, 0.2) is 115 Å². The van der Waals surface area contributed by atoms with Crippen LogP contribution in [0.5, 0.6) is 0 Å². The summed E-state index contributed by atoms with van der Waals surface area (Å²) in [6.45, 7) is 23.0. The van der Waals surface area contributed by atoms with Gasteiger partial charge in [0.05, 0.1) is 13.3 Å². The van der Waals surface area contributed by atoms with E-state index in [-0.39, 0.29) is 5.04 Å². The second-order valence-electron chi connectivity index (χ2n) is 12.5. The Morgan fingerprint density at radius 3 is 1.61 bits per heavy atom. The van der Waals surface area contributed by atoms with Gasteiger partial charge in [0.25, 0.3) is 8.32 Å². The zero-order valence-corrected chi connectivity index (χ0v) is 26.3. The minimum absolute atomic E-state index is 0.0418. The Morgan fingerprint density at radius 1 is 0.737 bits per heavy atom. The maximum Gasteiger partial charge on any atom is 0.261 e. The van der Waals surface area contributed by atoms with Crippen LogP contribution < -0.4 is 10.4 Å². The zero-order valence-electron chi connectivity index (χ0n) is 24.3. The average Bonchev–Trinajstić information content (AvgIpc) is 2.88. The van der Waals surface area contributed by atoms with E-state index in [0.29, 0.717) is 13.0 Å². The van der Waals surface area contributed by atoms with Crippen molar-refractivity contribution < 1.29 is 9.53 Å². The summed E-state index contributed by atoms with van der Waals surface area (Å²) in [5.74, 6) is 0. The van der Waals surface area contributed by atoms with Crippen molar-refractivity contribution in [3.63, 3.8) is 0 Å². The first-order valence-electron chi connectivity index (χ1n) is 13.7. The van der Waals surface area contributed by atoms with Crippen molar-refractivity contribution in [3.05, 3.63) is 121 Å². The Hall–Kier alpha value is -2.51. The van der Waals surface area contributed by atoms with Crippen LogP contribution in [-0.4, -0.2) is 28.1 Å². The van der Waals surface area contributed by atoms with Crippen molar-refractivity contribution in [3.8, 4) is 0 Å². The lowest BCUT2D eigenvalue weighted by molar-refractivity contribution is 0.115. The lowest BCUT2D eigenvalue weighted by Crippen LogP contribution is -2.66. The van der Waals surface area contributed by atoms with Crippen molar-refractivity contribution >= 4 is 26.8 Å². The molecule has 3 aromatic rings. The van der Waals surface area contributed by atoms with Crippen molar-refractivity contribution in [1.29, 1.82) is 0 Å². The molecule has 0 saturated carbocycles. The van der Waals surface area contributed by atoms with Crippen molar-refractivity contribution in [1.82, 2.24) is 0 Å². The molecule has 0 spiro atoms. The topological polar surface area (TPSA) is 29.5 Å². The SMILES string of the molecule is C=C(CCCO[Si](c1ccccc1)(c1ccccc1)C(C)(C)C)C(=C)CC(O)(c1ccccc1)[Si](C)(C)C. The summed E-state index contributed by atoms with van der Waals surface area (Å²) in [5.41, 5.74) is 2.91. The first-order valence-corrected chi connectivity index (χ1v) is 19.1. The van der Waals surface area contributed by atoms with Crippen molar-refractivity contribution in [2.24, 2.45) is 0 Å². The smallest absolute Gasteiger partial charge is 0.261 e. The molecule has 0 radical (unpaired) electrons. The number of rotatable bonds is 12. The third-order valence-electron chi connectivity index (χ3n) is 7.82. The highest BCUT2D eigenvalue weighted by molar-refractivity contribution is 6.99. The number of hydrogen-bond acceptors (Lipinski definition) is 2. The largest absolute Gasteiger partial charge is 0.407 e. The summed E-state index contributed by atoms with van der Waals surface area (Å²) in [4.78, 5) is 0. The second kappa shape index (κ2) is 12.1. The maximum absolute atomic E-state index is 11.9. The molecule has 3 rings (SSSR count). The maximum atomic E-state index is 11.9. The normalized spacial score (nSPS) is 14.1. The fourth-order valence-electron chi connectivity index (χ4n) is 5.40. The van der Waals surface area contributed by atoms with Crippen LogP contribution in [0.3, 0.4) is 0 Å². The summed E-state index contributed by atoms with van der Waals surface area (Å²) in [5, 5.41) is 13.6. The van der Waals surface area contributed by atoms with Crippen LogP contribution in [0, 0.1) is 0 Å². The van der Waals surface area contributed by atoms with Gasteiger partial charge in [0.1, 0.15) is 0 Å². The highest BCUT2D eigenvalue weighted by Gasteiger charge is 2.50. The van der Waals surface area contributed by atoms with Crippen LogP contribution >= 0.6 is 0 Å². The van der Waals surface area contributed by atoms with E-state index < -0.39 is 21.6 Å². The van der Waals surface area contributed by atoms with Crippen molar-refractivity contribution in [2.45, 2.75) is 69.9 Å². The molecule has 0 saturated heterocycles. The molecule has 202 valence electrons. The monoisotopic (exact) mass is 542 g/mol. The molecule has 1 unspecified atom stereocenters. The van der Waals surface area contributed by atoms with E-state index in [1.54, 1.807) is 0 Å². The fourth-order valence-corrected chi connectivity index (χ4v) is 11.8. The third-order valence-corrected chi connectivity index (χ3v) is 15.8. The van der Waals surface area contributed by atoms with Gasteiger partial charge in [-0.1, -0.05) is 150 Å². The van der Waals surface area contributed by atoms with Gasteiger partial charge in [0, 0.05) is 13.0 Å². The summed E-state index contributed by atoms with van der Waals surface area (Å²) >= 11 is 0. The molecule has 0 aliphatic rings. The highest BCUT2D eigenvalue weighted by Crippen LogP contribution is 2.39. The molecule has 0 bridgehead atoms. The van der Waals surface area contributed by atoms with Crippen LogP contribution in [0.1, 0.15) is 45.6 Å². The molecule has 4 heteroatoms. The lowest BCUT2D eigenvalue weighted by atomic mass is 9.95. The Labute approximate surface area is 233 Å². The van der Waals surface area contributed by atoms with E-state index in [1.807, 2.05) is 30.3 Å². The quantitative estimate of drug-likeness (QED) is 0.145. The van der Waals surface area contributed by atoms with Gasteiger partial charge in [-0.3, -0.25) is 0 Å². The van der Waals surface area contributed by atoms with Gasteiger partial charge in [-0.2, -0.15) is 0 Å². The molecule has 0 heterocycles. The van der Waals surface area contributed by atoms with Crippen LogP contribution in [0.25, 0.3) is 0 Å². The molecule has 0 aliphatic heterocycles. The molecule has 0 amide bonds. The lowest BCUT2D eigenvalue weighted by Gasteiger charge is -2.43. The molecule has 3 aromatic carbocycles. The van der Waals surface area contributed by atoms with Crippen LogP contribution in [-0.2, 0) is 9.65 Å². The second-order valence-corrected chi connectivity index (χ2v) is 22.1. The van der Waals surface area contributed by atoms with Crippen LogP contribution in [0.4, 0.5) is 0 Å². The third kappa shape index (κ3) is 6.37. The van der Waals surface area contributed by atoms with E-state index in [1.165, 1.54) is 10.4 Å². The number of hydrogen-bond donors (Lipinski definition) is 1. The Morgan fingerprint density at radius 2 is 1.18 bits per heavy atom. The van der Waals surface area contributed by atoms with Gasteiger partial charge >= 0.3 is 0 Å². The first kappa shape index (κ1) is 30.0. The van der Waals surface area contributed by atoms with E-state index in [9.17, 15) is 5.11 Å². The Balaban J connectivity index is 1.75. The molecule has 38 heavy (non-hydrogen) atoms. The van der Waals surface area contributed by atoms with E-state index in [2.05, 4.69) is 114 Å². The predicted molar refractivity (Wildman–Crippen MR) is 169 cm³/mol. The van der Waals surface area contributed by atoms with Gasteiger partial charge < -0.3 is 9.53 Å². The van der Waals surface area contributed by atoms with Gasteiger partial charge in [0.2, 0.25) is 0 Å². The minimum atomic E-state index is -2.54. The van der Waals surface area contributed by atoms with E-state index >= 15 is 0 Å². The van der Waals surface area contributed by atoms with E-state index in [0.717, 1.165) is 29.6 Å². The molecule has 1 N–H and O–H groups in total. The minimum Gasteiger partial charge on any atom is -0.407 e. The molecule has 1 atom stereocenters. The molecular formula is C34H46O2Si2. The Bertz CT molecular complexity index is 1150. The fraction of sp³-hybridized carbons (Fsp3) is 0.353. The summed E-state index contributed by atoms with van der Waals surface area (Å²) in [6.07, 6.45) is 2.17. The van der Waals surface area contributed by atoms with E-state index in [4.69, 9.17) is 4.43 Å². The highest BCUT2D eigenvalue weighted by atomic mass is 28.4. The molecule has 0 fully saturated rings. The number of benzene rings is 3. The number of aliphatic hydroxyl groups is 1. The first-order chi connectivity index (χ1) is 17.8. The summed E-state index contributed by atoms with van der Waals surface area (Å²) < 4.78 is 7.05. The van der Waals surface area contributed by atoms with Gasteiger partial charge in [-0.25, -0.2) is 0 Å². The zero-order chi connectivity index (χ0) is 28.0. The standard InChI is InChI=1S/C34H46O2Si2/c1-28(29(2)27-34(35,37(6,7)8)30-20-12-9-13-21-30)19-18-26-36-38(33(3,4)5,31-22-14-10-15-23-31)32-24-16-11-17-25-32/h9-17,20-25,35H,1-2,18-19,26-27H2,3-8H3. The Kier molecular flexibility index (Phi) is 9.59. The summed E-state index contributed by atoms with van der Waals surface area (Å²) in [6, 6.07) is 31.6. The molecule has 0 aromatic heterocycles. The van der Waals surface area contributed by atoms with Gasteiger partial charge in [0.15, 0.2) is 0 Å². The van der Waals surface area contributed by atoms with Gasteiger partial charge in [-0.05, 0) is 39.4 Å². The van der Waals surface area contributed by atoms with Crippen LogP contribution in [0.2, 0.25) is 24.7 Å². The average molecular weight is 543 g/mol. The summed E-state index contributed by atoms with van der Waals surface area (Å²) in [7, 11) is -4.53. The van der Waals surface area contributed by atoms with Gasteiger partial charge in [-0.15, -0.1) is 0 Å². The van der Waals surface area contributed by atoms with Crippen molar-refractivity contribution in [2.75, 3.05) is 6.61 Å². The number of allylic oxidation sites excluding steroid dienone is 1.